The molecule has 0 aliphatic heterocycles. The second kappa shape index (κ2) is 6.97. The second-order valence-electron chi connectivity index (χ2n) is 10.7. The summed E-state index contributed by atoms with van der Waals surface area (Å²) in [5.74, 6) is 1.92. The largest absolute Gasteiger partial charge is 0.481 e. The highest BCUT2D eigenvalue weighted by Crippen LogP contribution is 2.67. The molecule has 0 amide bonds. The van der Waals surface area contributed by atoms with Crippen LogP contribution in [0.5, 0.6) is 0 Å². The number of allylic oxidation sites excluding steroid dienone is 1. The lowest BCUT2D eigenvalue weighted by Crippen LogP contribution is -2.56. The summed E-state index contributed by atoms with van der Waals surface area (Å²) in [5, 5.41) is 20.5. The number of fused-ring (bicyclic) bond motifs is 5. The lowest BCUT2D eigenvalue weighted by Gasteiger charge is -2.60. The highest BCUT2D eigenvalue weighted by atomic mass is 16.4. The van der Waals surface area contributed by atoms with Crippen molar-refractivity contribution in [1.82, 2.24) is 0 Å². The average molecular weight is 389 g/mol. The number of aliphatic hydroxyl groups excluding tert-OH is 1. The molecule has 3 saturated carbocycles. The lowest BCUT2D eigenvalue weighted by molar-refractivity contribution is -0.143. The van der Waals surface area contributed by atoms with Gasteiger partial charge in [0, 0.05) is 12.8 Å². The summed E-state index contributed by atoms with van der Waals surface area (Å²) in [6.45, 7) is 6.83. The van der Waals surface area contributed by atoms with Gasteiger partial charge in [-0.05, 0) is 91.4 Å². The molecule has 4 aliphatic rings. The molecule has 4 aliphatic carbocycles. The Morgan fingerprint density at radius 3 is 2.68 bits per heavy atom. The summed E-state index contributed by atoms with van der Waals surface area (Å²) in [4.78, 5) is 23.0. The summed E-state index contributed by atoms with van der Waals surface area (Å²) < 4.78 is 0. The molecular formula is C24H36O4. The third-order valence-corrected chi connectivity index (χ3v) is 9.64. The first-order valence-corrected chi connectivity index (χ1v) is 11.3. The minimum atomic E-state index is -0.720. The van der Waals surface area contributed by atoms with Crippen molar-refractivity contribution in [3.05, 3.63) is 11.6 Å². The smallest absolute Gasteiger partial charge is 0.303 e. The second-order valence-corrected chi connectivity index (χ2v) is 10.7. The molecule has 0 aromatic rings. The van der Waals surface area contributed by atoms with E-state index in [-0.39, 0.29) is 29.1 Å². The Morgan fingerprint density at radius 2 is 1.96 bits per heavy atom. The molecule has 0 spiro atoms. The maximum absolute atomic E-state index is 12.0. The van der Waals surface area contributed by atoms with E-state index in [0.29, 0.717) is 42.4 Å². The highest BCUT2D eigenvalue weighted by molar-refractivity contribution is 5.91. The minimum absolute atomic E-state index is 0.0755. The van der Waals surface area contributed by atoms with Crippen LogP contribution in [-0.2, 0) is 9.59 Å². The van der Waals surface area contributed by atoms with Crippen molar-refractivity contribution in [2.45, 2.75) is 84.7 Å². The Hall–Kier alpha value is -1.16. The number of ketones is 1. The van der Waals surface area contributed by atoms with Crippen molar-refractivity contribution < 1.29 is 19.8 Å². The van der Waals surface area contributed by atoms with E-state index in [1.807, 2.05) is 6.08 Å². The van der Waals surface area contributed by atoms with E-state index >= 15 is 0 Å². The Bertz CT molecular complexity index is 697. The maximum atomic E-state index is 12.0. The highest BCUT2D eigenvalue weighted by Gasteiger charge is 2.62. The van der Waals surface area contributed by atoms with E-state index in [1.165, 1.54) is 5.57 Å². The van der Waals surface area contributed by atoms with E-state index in [4.69, 9.17) is 5.11 Å². The Balaban J connectivity index is 1.60. The molecule has 0 aromatic heterocycles. The maximum Gasteiger partial charge on any atom is 0.303 e. The average Bonchev–Trinajstić information content (AvgIpc) is 3.00. The predicted octanol–water partition coefficient (Wildman–Crippen LogP) is 4.61. The van der Waals surface area contributed by atoms with E-state index < -0.39 is 5.97 Å². The van der Waals surface area contributed by atoms with Gasteiger partial charge >= 0.3 is 5.97 Å². The van der Waals surface area contributed by atoms with Crippen LogP contribution in [-0.4, -0.2) is 28.1 Å². The van der Waals surface area contributed by atoms with Gasteiger partial charge in [-0.25, -0.2) is 0 Å². The zero-order chi connectivity index (χ0) is 20.3. The molecule has 156 valence electrons. The molecule has 8 atom stereocenters. The number of carbonyl (C=O) groups is 2. The van der Waals surface area contributed by atoms with Crippen LogP contribution in [0.25, 0.3) is 0 Å². The normalized spacial score (nSPS) is 46.2. The van der Waals surface area contributed by atoms with Crippen molar-refractivity contribution >= 4 is 11.8 Å². The van der Waals surface area contributed by atoms with Gasteiger partial charge in [0.05, 0.1) is 6.10 Å². The summed E-state index contributed by atoms with van der Waals surface area (Å²) in [5.41, 5.74) is 1.32. The van der Waals surface area contributed by atoms with E-state index in [0.717, 1.165) is 38.5 Å². The molecule has 0 radical (unpaired) electrons. The fourth-order valence-electron chi connectivity index (χ4n) is 8.04. The SMILES string of the molecule is C[C@H](CCC(=O)O)[C@H]1CC[C@H]2[C@@H]3CCC4=CC(=O)CC[C@]4(C)[C@H]3C[C@@H](O)[C@]12C. The third kappa shape index (κ3) is 2.89. The first-order chi connectivity index (χ1) is 13.2. The van der Waals surface area contributed by atoms with E-state index in [2.05, 4.69) is 20.8 Å². The van der Waals surface area contributed by atoms with Crippen molar-refractivity contribution in [3.63, 3.8) is 0 Å². The van der Waals surface area contributed by atoms with Crippen LogP contribution in [0.3, 0.4) is 0 Å². The molecule has 4 heteroatoms. The van der Waals surface area contributed by atoms with Crippen LogP contribution >= 0.6 is 0 Å². The van der Waals surface area contributed by atoms with Crippen molar-refractivity contribution in [2.75, 3.05) is 0 Å². The number of carbonyl (C=O) groups excluding carboxylic acids is 1. The van der Waals surface area contributed by atoms with Gasteiger partial charge in [0.1, 0.15) is 0 Å². The number of hydrogen-bond acceptors (Lipinski definition) is 3. The molecule has 3 fully saturated rings. The minimum Gasteiger partial charge on any atom is -0.481 e. The van der Waals surface area contributed by atoms with Crippen molar-refractivity contribution in [3.8, 4) is 0 Å². The molecule has 0 bridgehead atoms. The zero-order valence-electron chi connectivity index (χ0n) is 17.6. The number of carboxylic acids is 1. The molecule has 4 rings (SSSR count). The van der Waals surface area contributed by atoms with Gasteiger partial charge in [-0.3, -0.25) is 9.59 Å². The standard InChI is InChI=1S/C24H36O4/c1-14(4-9-22(27)28)18-7-8-19-17-6-5-15-12-16(25)10-11-23(15,2)20(17)13-21(26)24(18,19)3/h12,14,17-21,26H,4-11,13H2,1-3H3,(H,27,28)/t14-,17+,18-,19+,20+,21-,23+,24-/m1/s1. The summed E-state index contributed by atoms with van der Waals surface area (Å²) in [6, 6.07) is 0. The fourth-order valence-corrected chi connectivity index (χ4v) is 8.04. The lowest BCUT2D eigenvalue weighted by atomic mass is 9.45. The number of aliphatic hydroxyl groups is 1. The molecule has 0 saturated heterocycles. The van der Waals surface area contributed by atoms with Gasteiger partial charge in [0.25, 0.3) is 0 Å². The monoisotopic (exact) mass is 388 g/mol. The molecular weight excluding hydrogens is 352 g/mol. The van der Waals surface area contributed by atoms with Crippen LogP contribution in [0.15, 0.2) is 11.6 Å². The van der Waals surface area contributed by atoms with Gasteiger partial charge in [0.15, 0.2) is 5.78 Å². The zero-order valence-corrected chi connectivity index (χ0v) is 17.6. The number of rotatable bonds is 4. The predicted molar refractivity (Wildman–Crippen MR) is 108 cm³/mol. The quantitative estimate of drug-likeness (QED) is 0.738. The summed E-state index contributed by atoms with van der Waals surface area (Å²) >= 11 is 0. The Kier molecular flexibility index (Phi) is 5.01. The van der Waals surface area contributed by atoms with Crippen LogP contribution in [0.4, 0.5) is 0 Å². The van der Waals surface area contributed by atoms with Crippen molar-refractivity contribution in [1.29, 1.82) is 0 Å². The van der Waals surface area contributed by atoms with E-state index in [9.17, 15) is 14.7 Å². The van der Waals surface area contributed by atoms with Gasteiger partial charge in [0.2, 0.25) is 0 Å². The molecule has 28 heavy (non-hydrogen) atoms. The Morgan fingerprint density at radius 1 is 1.21 bits per heavy atom. The Labute approximate surface area is 168 Å². The number of carboxylic acid groups (broad SMARTS) is 1. The molecule has 4 nitrogen and oxygen atoms in total. The van der Waals surface area contributed by atoms with Crippen LogP contribution in [0.1, 0.15) is 78.6 Å². The van der Waals surface area contributed by atoms with E-state index in [1.54, 1.807) is 0 Å². The summed E-state index contributed by atoms with van der Waals surface area (Å²) in [6.07, 6.45) is 9.39. The van der Waals surface area contributed by atoms with Gasteiger partial charge < -0.3 is 10.2 Å². The topological polar surface area (TPSA) is 74.6 Å². The third-order valence-electron chi connectivity index (χ3n) is 9.64. The summed E-state index contributed by atoms with van der Waals surface area (Å²) in [7, 11) is 0. The molecule has 0 unspecified atom stereocenters. The fraction of sp³-hybridized carbons (Fsp3) is 0.833. The van der Waals surface area contributed by atoms with Crippen LogP contribution in [0, 0.1) is 40.4 Å². The van der Waals surface area contributed by atoms with Gasteiger partial charge in [-0.15, -0.1) is 0 Å². The van der Waals surface area contributed by atoms with Crippen LogP contribution < -0.4 is 0 Å². The molecule has 0 aromatic carbocycles. The number of hydrogen-bond donors (Lipinski definition) is 2. The number of aliphatic carboxylic acids is 1. The first kappa shape index (κ1) is 20.1. The van der Waals surface area contributed by atoms with Gasteiger partial charge in [-0.2, -0.15) is 0 Å². The van der Waals surface area contributed by atoms with Gasteiger partial charge in [-0.1, -0.05) is 26.3 Å². The molecule has 0 heterocycles. The van der Waals surface area contributed by atoms with Crippen molar-refractivity contribution in [2.24, 2.45) is 40.4 Å². The molecule has 2 N–H and O–H groups in total. The van der Waals surface area contributed by atoms with Crippen LogP contribution in [0.2, 0.25) is 0 Å². The first-order valence-electron chi connectivity index (χ1n) is 11.3.